The van der Waals surface area contributed by atoms with Crippen LogP contribution >= 0.6 is 0 Å². The molecule has 3 rings (SSSR count). The van der Waals surface area contributed by atoms with Crippen LogP contribution in [0, 0.1) is 0 Å². The van der Waals surface area contributed by atoms with Gasteiger partial charge in [0.15, 0.2) is 12.2 Å². The molecule has 1 saturated carbocycles. The van der Waals surface area contributed by atoms with Gasteiger partial charge in [-0.25, -0.2) is 4.98 Å². The molecular weight excluding hydrogens is 216 g/mol. The molecule has 0 saturated heterocycles. The number of hydrogen-bond acceptors (Lipinski definition) is 3. The summed E-state index contributed by atoms with van der Waals surface area (Å²) >= 11 is 0. The number of amides is 1. The van der Waals surface area contributed by atoms with Gasteiger partial charge in [-0.3, -0.25) is 4.79 Å². The summed E-state index contributed by atoms with van der Waals surface area (Å²) in [5, 5.41) is 2.95. The summed E-state index contributed by atoms with van der Waals surface area (Å²) in [6, 6.07) is 7.71. The van der Waals surface area contributed by atoms with Crippen LogP contribution in [0.15, 0.2) is 41.3 Å². The molecule has 0 aliphatic heterocycles. The van der Waals surface area contributed by atoms with E-state index in [0.29, 0.717) is 17.4 Å². The van der Waals surface area contributed by atoms with Gasteiger partial charge in [0.2, 0.25) is 0 Å². The Kier molecular flexibility index (Phi) is 2.40. The molecule has 1 heterocycles. The van der Waals surface area contributed by atoms with Gasteiger partial charge in [0, 0.05) is 17.2 Å². The number of hydrogen-bond donors (Lipinski definition) is 1. The van der Waals surface area contributed by atoms with E-state index in [1.54, 1.807) is 18.3 Å². The topological polar surface area (TPSA) is 55.1 Å². The molecule has 4 nitrogen and oxygen atoms in total. The van der Waals surface area contributed by atoms with E-state index in [1.165, 1.54) is 6.39 Å². The summed E-state index contributed by atoms with van der Waals surface area (Å²) in [6.45, 7) is 0. The molecule has 1 aliphatic rings. The van der Waals surface area contributed by atoms with Crippen LogP contribution in [0.4, 0.5) is 0 Å². The molecule has 1 aromatic heterocycles. The summed E-state index contributed by atoms with van der Waals surface area (Å²) < 4.78 is 5.18. The molecule has 0 unspecified atom stereocenters. The monoisotopic (exact) mass is 228 g/mol. The number of carbonyl (C=O) groups excluding carboxylic acids is 1. The van der Waals surface area contributed by atoms with Crippen molar-refractivity contribution in [1.29, 1.82) is 0 Å². The number of benzene rings is 1. The quantitative estimate of drug-likeness (QED) is 0.876. The van der Waals surface area contributed by atoms with Crippen LogP contribution in [0.3, 0.4) is 0 Å². The number of nitrogens with one attached hydrogen (secondary N) is 1. The van der Waals surface area contributed by atoms with Crippen LogP contribution in [0.25, 0.3) is 11.3 Å². The van der Waals surface area contributed by atoms with E-state index in [9.17, 15) is 4.79 Å². The highest BCUT2D eigenvalue weighted by Gasteiger charge is 2.23. The molecular formula is C13H12N2O2. The normalized spacial score (nSPS) is 14.6. The van der Waals surface area contributed by atoms with Gasteiger partial charge < -0.3 is 9.73 Å². The summed E-state index contributed by atoms with van der Waals surface area (Å²) in [6.07, 6.45) is 5.24. The van der Waals surface area contributed by atoms with Crippen LogP contribution in [0.2, 0.25) is 0 Å². The fraction of sp³-hybridized carbons (Fsp3) is 0.231. The van der Waals surface area contributed by atoms with Crippen molar-refractivity contribution in [1.82, 2.24) is 10.3 Å². The lowest BCUT2D eigenvalue weighted by Gasteiger charge is -2.03. The second-order valence-corrected chi connectivity index (χ2v) is 4.19. The number of nitrogens with zero attached hydrogens (tertiary/aromatic N) is 1. The van der Waals surface area contributed by atoms with Gasteiger partial charge in [0.25, 0.3) is 5.91 Å². The standard InChI is InChI=1S/C13H12N2O2/c16-13(15-11-5-6-11)10-3-1-9(2-4-10)12-7-14-8-17-12/h1-4,7-8,11H,5-6H2,(H,15,16). The Hall–Kier alpha value is -2.10. The van der Waals surface area contributed by atoms with E-state index in [1.807, 2.05) is 12.1 Å². The minimum atomic E-state index is -0.00313. The van der Waals surface area contributed by atoms with Crippen molar-refractivity contribution in [2.45, 2.75) is 18.9 Å². The van der Waals surface area contributed by atoms with Crippen molar-refractivity contribution in [3.05, 3.63) is 42.4 Å². The number of oxazole rings is 1. The summed E-state index contributed by atoms with van der Waals surface area (Å²) in [5.41, 5.74) is 1.60. The Morgan fingerprint density at radius 2 is 2.06 bits per heavy atom. The van der Waals surface area contributed by atoms with Gasteiger partial charge in [-0.05, 0) is 25.0 Å². The van der Waals surface area contributed by atoms with Gasteiger partial charge in [-0.15, -0.1) is 0 Å². The zero-order chi connectivity index (χ0) is 11.7. The highest BCUT2D eigenvalue weighted by Crippen LogP contribution is 2.21. The van der Waals surface area contributed by atoms with Gasteiger partial charge in [-0.2, -0.15) is 0 Å². The third kappa shape index (κ3) is 2.20. The van der Waals surface area contributed by atoms with Gasteiger partial charge >= 0.3 is 0 Å². The van der Waals surface area contributed by atoms with Crippen molar-refractivity contribution in [2.75, 3.05) is 0 Å². The zero-order valence-corrected chi connectivity index (χ0v) is 9.22. The fourth-order valence-electron chi connectivity index (χ4n) is 1.64. The molecule has 1 N–H and O–H groups in total. The first-order valence-corrected chi connectivity index (χ1v) is 5.63. The molecule has 1 aliphatic carbocycles. The van der Waals surface area contributed by atoms with Crippen LogP contribution in [0.5, 0.6) is 0 Å². The van der Waals surface area contributed by atoms with Crippen molar-refractivity contribution in [3.8, 4) is 11.3 Å². The predicted octanol–water partition coefficient (Wildman–Crippen LogP) is 2.23. The van der Waals surface area contributed by atoms with Crippen molar-refractivity contribution < 1.29 is 9.21 Å². The summed E-state index contributed by atoms with van der Waals surface area (Å²) in [5.74, 6) is 0.704. The third-order valence-electron chi connectivity index (χ3n) is 2.78. The molecule has 2 aromatic rings. The molecule has 0 radical (unpaired) electrons. The highest BCUT2D eigenvalue weighted by atomic mass is 16.3. The van der Waals surface area contributed by atoms with E-state index < -0.39 is 0 Å². The van der Waals surface area contributed by atoms with E-state index in [4.69, 9.17) is 4.42 Å². The fourth-order valence-corrected chi connectivity index (χ4v) is 1.64. The smallest absolute Gasteiger partial charge is 0.251 e. The van der Waals surface area contributed by atoms with Crippen molar-refractivity contribution in [3.63, 3.8) is 0 Å². The predicted molar refractivity (Wildman–Crippen MR) is 62.4 cm³/mol. The first-order chi connectivity index (χ1) is 8.33. The molecule has 0 atom stereocenters. The Bertz CT molecular complexity index is 513. The lowest BCUT2D eigenvalue weighted by atomic mass is 10.1. The first kappa shape index (κ1) is 10.1. The summed E-state index contributed by atoms with van der Waals surface area (Å²) in [7, 11) is 0. The minimum Gasteiger partial charge on any atom is -0.444 e. The van der Waals surface area contributed by atoms with Crippen molar-refractivity contribution >= 4 is 5.91 Å². The number of rotatable bonds is 3. The highest BCUT2D eigenvalue weighted by molar-refractivity contribution is 5.94. The maximum atomic E-state index is 11.7. The molecule has 17 heavy (non-hydrogen) atoms. The Balaban J connectivity index is 1.77. The van der Waals surface area contributed by atoms with Gasteiger partial charge in [0.05, 0.1) is 6.20 Å². The van der Waals surface area contributed by atoms with E-state index in [2.05, 4.69) is 10.3 Å². The summed E-state index contributed by atoms with van der Waals surface area (Å²) in [4.78, 5) is 15.6. The Morgan fingerprint density at radius 3 is 2.65 bits per heavy atom. The molecule has 1 fully saturated rings. The SMILES string of the molecule is O=C(NC1CC1)c1ccc(-c2cnco2)cc1. The number of carbonyl (C=O) groups is 1. The Morgan fingerprint density at radius 1 is 1.29 bits per heavy atom. The lowest BCUT2D eigenvalue weighted by molar-refractivity contribution is 0.0951. The van der Waals surface area contributed by atoms with Gasteiger partial charge in [-0.1, -0.05) is 12.1 Å². The second-order valence-electron chi connectivity index (χ2n) is 4.19. The third-order valence-corrected chi connectivity index (χ3v) is 2.78. The largest absolute Gasteiger partial charge is 0.444 e. The lowest BCUT2D eigenvalue weighted by Crippen LogP contribution is -2.25. The average molecular weight is 228 g/mol. The van der Waals surface area contributed by atoms with Crippen molar-refractivity contribution in [2.24, 2.45) is 0 Å². The van der Waals surface area contributed by atoms with E-state index in [0.717, 1.165) is 18.4 Å². The van der Waals surface area contributed by atoms with E-state index >= 15 is 0 Å². The molecule has 4 heteroatoms. The van der Waals surface area contributed by atoms with Gasteiger partial charge in [0.1, 0.15) is 0 Å². The molecule has 1 aromatic carbocycles. The number of aromatic nitrogens is 1. The first-order valence-electron chi connectivity index (χ1n) is 5.63. The minimum absolute atomic E-state index is 0.00313. The molecule has 0 spiro atoms. The maximum absolute atomic E-state index is 11.7. The van der Waals surface area contributed by atoms with Crippen LogP contribution in [-0.4, -0.2) is 16.9 Å². The maximum Gasteiger partial charge on any atom is 0.251 e. The average Bonchev–Trinajstić information content (AvgIpc) is 3.00. The van der Waals surface area contributed by atoms with Crippen LogP contribution in [-0.2, 0) is 0 Å². The molecule has 86 valence electrons. The van der Waals surface area contributed by atoms with Crippen LogP contribution in [0.1, 0.15) is 23.2 Å². The van der Waals surface area contributed by atoms with E-state index in [-0.39, 0.29) is 5.91 Å². The van der Waals surface area contributed by atoms with Crippen LogP contribution < -0.4 is 5.32 Å². The Labute approximate surface area is 98.7 Å². The molecule has 1 amide bonds. The molecule has 0 bridgehead atoms. The zero-order valence-electron chi connectivity index (χ0n) is 9.22. The second kappa shape index (κ2) is 4.05.